The second-order valence-corrected chi connectivity index (χ2v) is 11.2. The van der Waals surface area contributed by atoms with Crippen molar-refractivity contribution in [1.82, 2.24) is 10.2 Å². The number of hydrogen-bond donors (Lipinski definition) is 1. The van der Waals surface area contributed by atoms with Crippen LogP contribution in [0.3, 0.4) is 0 Å². The fraction of sp³-hybridized carbons (Fsp3) is 0.333. The third kappa shape index (κ3) is 7.92. The van der Waals surface area contributed by atoms with Crippen molar-refractivity contribution in [2.75, 3.05) is 23.7 Å². The highest BCUT2D eigenvalue weighted by Crippen LogP contribution is 2.24. The first-order valence-corrected chi connectivity index (χ1v) is 14.8. The van der Waals surface area contributed by atoms with Crippen molar-refractivity contribution in [3.05, 3.63) is 102 Å². The molecule has 0 aliphatic heterocycles. The van der Waals surface area contributed by atoms with Crippen LogP contribution in [0.4, 0.5) is 5.69 Å². The second-order valence-electron chi connectivity index (χ2n) is 9.26. The molecule has 3 aromatic carbocycles. The number of nitrogens with one attached hydrogen (secondary N) is 1. The van der Waals surface area contributed by atoms with Gasteiger partial charge in [-0.2, -0.15) is 0 Å². The summed E-state index contributed by atoms with van der Waals surface area (Å²) < 4.78 is 27.0. The summed E-state index contributed by atoms with van der Waals surface area (Å²) in [4.78, 5) is 29.0. The van der Waals surface area contributed by atoms with Crippen molar-refractivity contribution in [2.24, 2.45) is 0 Å². The molecule has 0 heterocycles. The minimum Gasteiger partial charge on any atom is -0.354 e. The fourth-order valence-electron chi connectivity index (χ4n) is 4.35. The molecule has 0 aliphatic rings. The van der Waals surface area contributed by atoms with Gasteiger partial charge in [0.25, 0.3) is 0 Å². The summed E-state index contributed by atoms with van der Waals surface area (Å²) in [5.41, 5.74) is 3.05. The van der Waals surface area contributed by atoms with Crippen molar-refractivity contribution in [2.45, 2.75) is 45.7 Å². The number of rotatable bonds is 13. The van der Waals surface area contributed by atoms with Gasteiger partial charge in [-0.25, -0.2) is 8.42 Å². The van der Waals surface area contributed by atoms with E-state index in [2.05, 4.69) is 5.32 Å². The number of para-hydroxylation sites is 1. The molecule has 0 bridgehead atoms. The van der Waals surface area contributed by atoms with E-state index >= 15 is 0 Å². The van der Waals surface area contributed by atoms with Crippen LogP contribution in [0.1, 0.15) is 37.0 Å². The average molecular weight is 536 g/mol. The average Bonchev–Trinajstić information content (AvgIpc) is 2.92. The van der Waals surface area contributed by atoms with Gasteiger partial charge in [0.2, 0.25) is 21.8 Å². The summed E-state index contributed by atoms with van der Waals surface area (Å²) in [5.74, 6) is -0.711. The molecule has 0 spiro atoms. The molecule has 7 nitrogen and oxygen atoms in total. The van der Waals surface area contributed by atoms with Gasteiger partial charge in [-0.05, 0) is 35.6 Å². The van der Waals surface area contributed by atoms with Gasteiger partial charge in [0.1, 0.15) is 12.6 Å². The third-order valence-electron chi connectivity index (χ3n) is 6.34. The van der Waals surface area contributed by atoms with Gasteiger partial charge in [-0.3, -0.25) is 13.9 Å². The van der Waals surface area contributed by atoms with E-state index in [4.69, 9.17) is 0 Å². The molecule has 2 amide bonds. The van der Waals surface area contributed by atoms with E-state index in [1.165, 1.54) is 4.90 Å². The van der Waals surface area contributed by atoms with Crippen molar-refractivity contribution < 1.29 is 18.0 Å². The Morgan fingerprint density at radius 2 is 1.42 bits per heavy atom. The Morgan fingerprint density at radius 3 is 2.00 bits per heavy atom. The molecule has 1 N–H and O–H groups in total. The van der Waals surface area contributed by atoms with Gasteiger partial charge >= 0.3 is 0 Å². The Bertz CT molecular complexity index is 1300. The molecule has 1 atom stereocenters. The quantitative estimate of drug-likeness (QED) is 0.356. The van der Waals surface area contributed by atoms with Gasteiger partial charge in [-0.1, -0.05) is 92.7 Å². The first-order valence-electron chi connectivity index (χ1n) is 12.9. The Balaban J connectivity index is 2.04. The predicted octanol–water partition coefficient (Wildman–Crippen LogP) is 4.18. The summed E-state index contributed by atoms with van der Waals surface area (Å²) in [6.07, 6.45) is 2.77. The standard InChI is InChI=1S/C30H37N3O4S/c1-4-20-31-30(35)28(21-24-14-8-6-9-15-24)32(22-25-16-10-7-11-17-25)29(34)23-33(38(3,36)37)27-19-13-12-18-26(27)5-2/h6-19,28H,4-5,20-23H2,1-3H3,(H,31,35)/t28-/m1/s1. The van der Waals surface area contributed by atoms with E-state index in [0.29, 0.717) is 25.1 Å². The fourth-order valence-corrected chi connectivity index (χ4v) is 5.23. The number of aryl methyl sites for hydroxylation is 1. The van der Waals surface area contributed by atoms with Crippen LogP contribution in [0.15, 0.2) is 84.9 Å². The van der Waals surface area contributed by atoms with Crippen molar-refractivity contribution in [3.8, 4) is 0 Å². The minimum atomic E-state index is -3.79. The predicted molar refractivity (Wildman–Crippen MR) is 152 cm³/mol. The highest BCUT2D eigenvalue weighted by Gasteiger charge is 2.33. The SMILES string of the molecule is CCCNC(=O)[C@@H](Cc1ccccc1)N(Cc1ccccc1)C(=O)CN(c1ccccc1CC)S(C)(=O)=O. The maximum absolute atomic E-state index is 14.0. The third-order valence-corrected chi connectivity index (χ3v) is 7.46. The molecule has 0 fully saturated rings. The molecule has 0 aromatic heterocycles. The van der Waals surface area contributed by atoms with Crippen LogP contribution in [-0.2, 0) is 39.0 Å². The van der Waals surface area contributed by atoms with Crippen LogP contribution < -0.4 is 9.62 Å². The number of amides is 2. The van der Waals surface area contributed by atoms with Crippen molar-refractivity contribution in [3.63, 3.8) is 0 Å². The van der Waals surface area contributed by atoms with Crippen LogP contribution in [0.5, 0.6) is 0 Å². The van der Waals surface area contributed by atoms with Gasteiger partial charge in [-0.15, -0.1) is 0 Å². The molecule has 0 unspecified atom stereocenters. The highest BCUT2D eigenvalue weighted by atomic mass is 32.2. The number of carbonyl (C=O) groups excluding carboxylic acids is 2. The van der Waals surface area contributed by atoms with Gasteiger partial charge < -0.3 is 10.2 Å². The first-order chi connectivity index (χ1) is 18.2. The van der Waals surface area contributed by atoms with E-state index in [9.17, 15) is 18.0 Å². The zero-order valence-electron chi connectivity index (χ0n) is 22.3. The molecule has 3 aromatic rings. The minimum absolute atomic E-state index is 0.170. The van der Waals surface area contributed by atoms with Crippen LogP contribution in [0.25, 0.3) is 0 Å². The molecule has 3 rings (SSSR count). The lowest BCUT2D eigenvalue weighted by Crippen LogP contribution is -2.53. The Morgan fingerprint density at radius 1 is 0.842 bits per heavy atom. The number of sulfonamides is 1. The van der Waals surface area contributed by atoms with E-state index in [-0.39, 0.29) is 12.5 Å². The lowest BCUT2D eigenvalue weighted by atomic mass is 10.0. The molecule has 202 valence electrons. The molecule has 0 aliphatic carbocycles. The summed E-state index contributed by atoms with van der Waals surface area (Å²) in [6, 6.07) is 25.3. The lowest BCUT2D eigenvalue weighted by molar-refractivity contribution is -0.140. The van der Waals surface area contributed by atoms with E-state index in [1.54, 1.807) is 12.1 Å². The molecule has 0 radical (unpaired) electrons. The normalized spacial score (nSPS) is 12.0. The number of carbonyl (C=O) groups is 2. The summed E-state index contributed by atoms with van der Waals surface area (Å²) in [7, 11) is -3.79. The van der Waals surface area contributed by atoms with Crippen molar-refractivity contribution in [1.29, 1.82) is 0 Å². The van der Waals surface area contributed by atoms with Crippen LogP contribution >= 0.6 is 0 Å². The first kappa shape index (κ1) is 28.9. The largest absolute Gasteiger partial charge is 0.354 e. The van der Waals surface area contributed by atoms with Gasteiger partial charge in [0, 0.05) is 19.5 Å². The molecule has 38 heavy (non-hydrogen) atoms. The molecule has 0 saturated carbocycles. The highest BCUT2D eigenvalue weighted by molar-refractivity contribution is 7.92. The Labute approximate surface area is 226 Å². The van der Waals surface area contributed by atoms with Gasteiger partial charge in [0.05, 0.1) is 11.9 Å². The maximum Gasteiger partial charge on any atom is 0.244 e. The monoisotopic (exact) mass is 535 g/mol. The molecular formula is C30H37N3O4S. The van der Waals surface area contributed by atoms with Crippen LogP contribution in [0.2, 0.25) is 0 Å². The molecule has 0 saturated heterocycles. The number of anilines is 1. The Hall–Kier alpha value is -3.65. The lowest BCUT2D eigenvalue weighted by Gasteiger charge is -2.34. The topological polar surface area (TPSA) is 86.8 Å². The van der Waals surface area contributed by atoms with E-state index in [1.807, 2.05) is 86.6 Å². The number of benzene rings is 3. The van der Waals surface area contributed by atoms with Gasteiger partial charge in [0.15, 0.2) is 0 Å². The van der Waals surface area contributed by atoms with Crippen molar-refractivity contribution >= 4 is 27.5 Å². The Kier molecular flexibility index (Phi) is 10.5. The number of nitrogens with zero attached hydrogens (tertiary/aromatic N) is 2. The second kappa shape index (κ2) is 13.8. The van der Waals surface area contributed by atoms with Crippen LogP contribution in [-0.4, -0.2) is 50.5 Å². The maximum atomic E-state index is 14.0. The van der Waals surface area contributed by atoms with Crippen LogP contribution in [0, 0.1) is 0 Å². The summed E-state index contributed by atoms with van der Waals surface area (Å²) in [5, 5.41) is 2.94. The summed E-state index contributed by atoms with van der Waals surface area (Å²) >= 11 is 0. The molecular weight excluding hydrogens is 498 g/mol. The zero-order valence-corrected chi connectivity index (χ0v) is 23.2. The smallest absolute Gasteiger partial charge is 0.244 e. The van der Waals surface area contributed by atoms with E-state index in [0.717, 1.165) is 33.7 Å². The summed E-state index contributed by atoms with van der Waals surface area (Å²) in [6.45, 7) is 4.15. The zero-order chi connectivity index (χ0) is 27.5. The van der Waals surface area contributed by atoms with E-state index < -0.39 is 28.5 Å². The number of hydrogen-bond acceptors (Lipinski definition) is 4. The molecule has 8 heteroatoms.